The summed E-state index contributed by atoms with van der Waals surface area (Å²) in [4.78, 5) is 11.9. The molecule has 1 aromatic carbocycles. The number of nitrogens with two attached hydrogens (primary N) is 1. The van der Waals surface area contributed by atoms with E-state index >= 15 is 0 Å². The highest BCUT2D eigenvalue weighted by Gasteiger charge is 2.18. The van der Waals surface area contributed by atoms with Gasteiger partial charge in [-0.25, -0.2) is 13.1 Å². The Morgan fingerprint density at radius 1 is 1.19 bits per heavy atom. The molecular weight excluding hydrogens is 290 g/mol. The molecule has 0 bridgehead atoms. The van der Waals surface area contributed by atoms with Gasteiger partial charge < -0.3 is 11.1 Å². The molecule has 0 aromatic heterocycles. The topological polar surface area (TPSA) is 101 Å². The zero-order valence-corrected chi connectivity index (χ0v) is 13.1. The van der Waals surface area contributed by atoms with Gasteiger partial charge in [0, 0.05) is 13.0 Å². The zero-order chi connectivity index (χ0) is 15.7. The van der Waals surface area contributed by atoms with Crippen LogP contribution in [0.5, 0.6) is 0 Å². The van der Waals surface area contributed by atoms with Gasteiger partial charge in [0.05, 0.1) is 5.69 Å². The van der Waals surface area contributed by atoms with Gasteiger partial charge in [0.2, 0.25) is 15.9 Å². The quantitative estimate of drug-likeness (QED) is 0.600. The first kappa shape index (κ1) is 17.6. The van der Waals surface area contributed by atoms with E-state index in [0.717, 1.165) is 19.3 Å². The van der Waals surface area contributed by atoms with E-state index in [1.165, 1.54) is 6.07 Å². The molecule has 0 unspecified atom stereocenters. The molecule has 6 nitrogen and oxygen atoms in total. The van der Waals surface area contributed by atoms with Gasteiger partial charge in [-0.15, -0.1) is 0 Å². The number of benzene rings is 1. The number of amides is 1. The summed E-state index contributed by atoms with van der Waals surface area (Å²) >= 11 is 0. The second kappa shape index (κ2) is 8.76. The summed E-state index contributed by atoms with van der Waals surface area (Å²) in [5.74, 6) is -0.189. The summed E-state index contributed by atoms with van der Waals surface area (Å²) < 4.78 is 26.5. The van der Waals surface area contributed by atoms with Crippen LogP contribution in [0.2, 0.25) is 0 Å². The SMILES string of the molecule is CCNS(=O)(=O)c1ccccc1NC(=O)CCCCCN. The predicted molar refractivity (Wildman–Crippen MR) is 83.5 cm³/mol. The van der Waals surface area contributed by atoms with Crippen molar-refractivity contribution in [3.05, 3.63) is 24.3 Å². The number of carbonyl (C=O) groups excluding carboxylic acids is 1. The first-order valence-corrected chi connectivity index (χ1v) is 8.58. The third-order valence-electron chi connectivity index (χ3n) is 2.89. The average molecular weight is 313 g/mol. The van der Waals surface area contributed by atoms with Crippen molar-refractivity contribution in [1.82, 2.24) is 4.72 Å². The van der Waals surface area contributed by atoms with Crippen LogP contribution in [0.4, 0.5) is 5.69 Å². The van der Waals surface area contributed by atoms with Gasteiger partial charge >= 0.3 is 0 Å². The van der Waals surface area contributed by atoms with Crippen LogP contribution in [0, 0.1) is 0 Å². The Hall–Kier alpha value is -1.44. The molecule has 4 N–H and O–H groups in total. The molecule has 0 fully saturated rings. The van der Waals surface area contributed by atoms with Crippen LogP contribution >= 0.6 is 0 Å². The largest absolute Gasteiger partial charge is 0.330 e. The molecule has 0 heterocycles. The van der Waals surface area contributed by atoms with Gasteiger partial charge in [0.1, 0.15) is 4.90 Å². The minimum absolute atomic E-state index is 0.0853. The number of para-hydroxylation sites is 1. The van der Waals surface area contributed by atoms with Crippen molar-refractivity contribution >= 4 is 21.6 Å². The number of nitrogens with one attached hydrogen (secondary N) is 2. The molecule has 0 aliphatic carbocycles. The first-order valence-electron chi connectivity index (χ1n) is 7.10. The Labute approximate surface area is 126 Å². The highest BCUT2D eigenvalue weighted by atomic mass is 32.2. The maximum Gasteiger partial charge on any atom is 0.242 e. The van der Waals surface area contributed by atoms with E-state index in [2.05, 4.69) is 10.0 Å². The maximum atomic E-state index is 12.1. The summed E-state index contributed by atoms with van der Waals surface area (Å²) in [6.45, 7) is 2.62. The Bertz CT molecular complexity index is 558. The van der Waals surface area contributed by atoms with E-state index in [9.17, 15) is 13.2 Å². The van der Waals surface area contributed by atoms with Crippen LogP contribution in [0.1, 0.15) is 32.6 Å². The molecule has 0 saturated heterocycles. The number of sulfonamides is 1. The van der Waals surface area contributed by atoms with Crippen molar-refractivity contribution in [1.29, 1.82) is 0 Å². The Balaban J connectivity index is 2.73. The lowest BCUT2D eigenvalue weighted by Crippen LogP contribution is -2.25. The zero-order valence-electron chi connectivity index (χ0n) is 12.3. The van der Waals surface area contributed by atoms with Gasteiger partial charge in [-0.3, -0.25) is 4.79 Å². The second-order valence-electron chi connectivity index (χ2n) is 4.64. The van der Waals surface area contributed by atoms with Gasteiger partial charge in [-0.2, -0.15) is 0 Å². The normalized spacial score (nSPS) is 11.3. The highest BCUT2D eigenvalue weighted by molar-refractivity contribution is 7.89. The van der Waals surface area contributed by atoms with E-state index in [-0.39, 0.29) is 10.8 Å². The maximum absolute atomic E-state index is 12.1. The van der Waals surface area contributed by atoms with Crippen LogP contribution in [0.15, 0.2) is 29.2 Å². The second-order valence-corrected chi connectivity index (χ2v) is 6.38. The van der Waals surface area contributed by atoms with Gasteiger partial charge in [0.25, 0.3) is 0 Å². The Morgan fingerprint density at radius 3 is 2.57 bits per heavy atom. The molecule has 21 heavy (non-hydrogen) atoms. The fourth-order valence-corrected chi connectivity index (χ4v) is 3.09. The van der Waals surface area contributed by atoms with Gasteiger partial charge in [-0.05, 0) is 31.5 Å². The predicted octanol–water partition coefficient (Wildman–Crippen LogP) is 1.44. The number of rotatable bonds is 9. The fourth-order valence-electron chi connectivity index (χ4n) is 1.89. The molecule has 0 aliphatic rings. The summed E-state index contributed by atoms with van der Waals surface area (Å²) in [7, 11) is -3.60. The standard InChI is InChI=1S/C14H23N3O3S/c1-2-16-21(19,20)13-9-6-5-8-12(13)17-14(18)10-4-3-7-11-15/h5-6,8-9,16H,2-4,7,10-11,15H2,1H3,(H,17,18). The minimum Gasteiger partial charge on any atom is -0.330 e. The minimum atomic E-state index is -3.60. The first-order chi connectivity index (χ1) is 10.0. The molecule has 7 heteroatoms. The van der Waals surface area contributed by atoms with Crippen LogP contribution < -0.4 is 15.8 Å². The van der Waals surface area contributed by atoms with E-state index in [0.29, 0.717) is 25.2 Å². The Kier molecular flexibility index (Phi) is 7.35. The summed E-state index contributed by atoms with van der Waals surface area (Å²) in [6.07, 6.45) is 2.88. The Morgan fingerprint density at radius 2 is 1.90 bits per heavy atom. The molecule has 1 rings (SSSR count). The van der Waals surface area contributed by atoms with E-state index in [4.69, 9.17) is 5.73 Å². The van der Waals surface area contributed by atoms with E-state index in [1.54, 1.807) is 25.1 Å². The van der Waals surface area contributed by atoms with Crippen molar-refractivity contribution in [3.63, 3.8) is 0 Å². The molecule has 0 aliphatic heterocycles. The summed E-state index contributed by atoms with van der Waals surface area (Å²) in [6, 6.07) is 6.38. The molecule has 1 aromatic rings. The lowest BCUT2D eigenvalue weighted by Gasteiger charge is -2.11. The molecule has 1 amide bonds. The molecule has 0 atom stereocenters. The van der Waals surface area contributed by atoms with Crippen molar-refractivity contribution in [2.45, 2.75) is 37.5 Å². The van der Waals surface area contributed by atoms with Crippen molar-refractivity contribution in [3.8, 4) is 0 Å². The highest BCUT2D eigenvalue weighted by Crippen LogP contribution is 2.20. The van der Waals surface area contributed by atoms with Gasteiger partial charge in [0.15, 0.2) is 0 Å². The summed E-state index contributed by atoms with van der Waals surface area (Å²) in [5, 5.41) is 2.66. The number of unbranched alkanes of at least 4 members (excludes halogenated alkanes) is 2. The van der Waals surface area contributed by atoms with Crippen molar-refractivity contribution in [2.75, 3.05) is 18.4 Å². The number of anilines is 1. The smallest absolute Gasteiger partial charge is 0.242 e. The monoisotopic (exact) mass is 313 g/mol. The number of carbonyl (C=O) groups is 1. The summed E-state index contributed by atoms with van der Waals surface area (Å²) in [5.41, 5.74) is 5.70. The van der Waals surface area contributed by atoms with Crippen LogP contribution in [0.25, 0.3) is 0 Å². The third-order valence-corrected chi connectivity index (χ3v) is 4.50. The number of hydrogen-bond donors (Lipinski definition) is 3. The molecule has 0 radical (unpaired) electrons. The van der Waals surface area contributed by atoms with Crippen LogP contribution in [0.3, 0.4) is 0 Å². The van der Waals surface area contributed by atoms with Crippen molar-refractivity contribution < 1.29 is 13.2 Å². The fraction of sp³-hybridized carbons (Fsp3) is 0.500. The van der Waals surface area contributed by atoms with Crippen molar-refractivity contribution in [2.24, 2.45) is 5.73 Å². The van der Waals surface area contributed by atoms with E-state index in [1.807, 2.05) is 0 Å². The number of hydrogen-bond acceptors (Lipinski definition) is 4. The third kappa shape index (κ3) is 5.82. The molecule has 118 valence electrons. The molecule has 0 saturated carbocycles. The van der Waals surface area contributed by atoms with Crippen LogP contribution in [-0.2, 0) is 14.8 Å². The lowest BCUT2D eigenvalue weighted by atomic mass is 10.2. The molecule has 0 spiro atoms. The van der Waals surface area contributed by atoms with E-state index < -0.39 is 10.0 Å². The van der Waals surface area contributed by atoms with Gasteiger partial charge in [-0.1, -0.05) is 25.5 Å². The average Bonchev–Trinajstić information content (AvgIpc) is 2.44. The molecular formula is C14H23N3O3S. The van der Waals surface area contributed by atoms with Crippen LogP contribution in [-0.4, -0.2) is 27.4 Å². The lowest BCUT2D eigenvalue weighted by molar-refractivity contribution is -0.116.